The molecule has 1 aromatic carbocycles. The summed E-state index contributed by atoms with van der Waals surface area (Å²) in [4.78, 5) is 25.9. The van der Waals surface area contributed by atoms with Gasteiger partial charge in [0.1, 0.15) is 17.5 Å². The zero-order valence-electron chi connectivity index (χ0n) is 16.6. The highest BCUT2D eigenvalue weighted by Crippen LogP contribution is 2.47. The SMILES string of the molecule is CC1(c2noc(C3N=CN4c5cccc(F)c5N(CC5CCCO5)C(=O)C34)n2)CC1. The molecule has 3 aliphatic heterocycles. The minimum absolute atomic E-state index is 0.0398. The molecule has 1 aromatic heterocycles. The molecule has 9 heteroatoms. The summed E-state index contributed by atoms with van der Waals surface area (Å²) in [6, 6.07) is 3.52. The van der Waals surface area contributed by atoms with Crippen LogP contribution >= 0.6 is 0 Å². The molecule has 30 heavy (non-hydrogen) atoms. The van der Waals surface area contributed by atoms with Gasteiger partial charge in [0.2, 0.25) is 0 Å². The number of carbonyl (C=O) groups excluding carboxylic acids is 1. The van der Waals surface area contributed by atoms with E-state index in [-0.39, 0.29) is 23.1 Å². The first kappa shape index (κ1) is 18.0. The summed E-state index contributed by atoms with van der Waals surface area (Å²) in [5, 5.41) is 4.13. The first-order chi connectivity index (χ1) is 14.5. The molecule has 4 heterocycles. The normalized spacial score (nSPS) is 28.7. The molecule has 1 aliphatic carbocycles. The quantitative estimate of drug-likeness (QED) is 0.769. The van der Waals surface area contributed by atoms with Crippen LogP contribution in [0.15, 0.2) is 27.7 Å². The molecular weight excluding hydrogens is 389 g/mol. The van der Waals surface area contributed by atoms with Gasteiger partial charge in [0.25, 0.3) is 11.8 Å². The maximum absolute atomic E-state index is 14.8. The molecule has 1 saturated carbocycles. The number of carbonyl (C=O) groups is 1. The molecule has 3 unspecified atom stereocenters. The third-order valence-corrected chi connectivity index (χ3v) is 6.63. The fourth-order valence-corrected chi connectivity index (χ4v) is 4.55. The van der Waals surface area contributed by atoms with Crippen LogP contribution in [0, 0.1) is 5.82 Å². The molecule has 1 amide bonds. The Morgan fingerprint density at radius 1 is 1.33 bits per heavy atom. The van der Waals surface area contributed by atoms with E-state index in [1.165, 1.54) is 11.0 Å². The Labute approximate surface area is 172 Å². The molecule has 3 atom stereocenters. The van der Waals surface area contributed by atoms with Crippen LogP contribution in [0.25, 0.3) is 0 Å². The number of amides is 1. The Morgan fingerprint density at radius 2 is 2.20 bits per heavy atom. The largest absolute Gasteiger partial charge is 0.376 e. The highest BCUT2D eigenvalue weighted by Gasteiger charge is 2.50. The lowest BCUT2D eigenvalue weighted by molar-refractivity contribution is -0.120. The van der Waals surface area contributed by atoms with Crippen molar-refractivity contribution in [2.24, 2.45) is 4.99 Å². The van der Waals surface area contributed by atoms with Gasteiger partial charge in [-0.1, -0.05) is 18.1 Å². The highest BCUT2D eigenvalue weighted by molar-refractivity contribution is 6.12. The van der Waals surface area contributed by atoms with E-state index in [1.54, 1.807) is 23.4 Å². The van der Waals surface area contributed by atoms with Gasteiger partial charge in [-0.2, -0.15) is 4.98 Å². The molecule has 6 rings (SSSR count). The smallest absolute Gasteiger partial charge is 0.254 e. The summed E-state index contributed by atoms with van der Waals surface area (Å²) in [6.45, 7) is 3.08. The van der Waals surface area contributed by atoms with Crippen molar-refractivity contribution in [2.75, 3.05) is 23.0 Å². The first-order valence-corrected chi connectivity index (χ1v) is 10.4. The van der Waals surface area contributed by atoms with Crippen molar-refractivity contribution >= 4 is 23.6 Å². The summed E-state index contributed by atoms with van der Waals surface area (Å²) in [5.41, 5.74) is 0.845. The Morgan fingerprint density at radius 3 is 2.97 bits per heavy atom. The van der Waals surface area contributed by atoms with Crippen LogP contribution in [0.5, 0.6) is 0 Å². The minimum Gasteiger partial charge on any atom is -0.376 e. The van der Waals surface area contributed by atoms with E-state index in [2.05, 4.69) is 22.1 Å². The maximum atomic E-state index is 14.8. The lowest BCUT2D eigenvalue weighted by Gasteiger charge is -2.40. The first-order valence-electron chi connectivity index (χ1n) is 10.4. The minimum atomic E-state index is -0.680. The summed E-state index contributed by atoms with van der Waals surface area (Å²) in [6.07, 6.45) is 5.33. The lowest BCUT2D eigenvalue weighted by atomic mass is 10.0. The Hall–Kier alpha value is -2.81. The van der Waals surface area contributed by atoms with Gasteiger partial charge in [-0.05, 0) is 37.8 Å². The second kappa shape index (κ2) is 6.34. The van der Waals surface area contributed by atoms with Crippen LogP contribution in [-0.4, -0.2) is 47.7 Å². The number of hydrogen-bond donors (Lipinski definition) is 0. The number of rotatable bonds is 4. The summed E-state index contributed by atoms with van der Waals surface area (Å²) in [5.74, 6) is 0.322. The van der Waals surface area contributed by atoms with Crippen LogP contribution in [-0.2, 0) is 14.9 Å². The van der Waals surface area contributed by atoms with Crippen LogP contribution in [0.3, 0.4) is 0 Å². The third kappa shape index (κ3) is 2.61. The summed E-state index contributed by atoms with van der Waals surface area (Å²) < 4.78 is 26.1. The van der Waals surface area contributed by atoms with Gasteiger partial charge in [-0.15, -0.1) is 0 Å². The number of hydrogen-bond acceptors (Lipinski definition) is 7. The van der Waals surface area contributed by atoms with Crippen LogP contribution < -0.4 is 9.80 Å². The molecule has 2 fully saturated rings. The average molecular weight is 411 g/mol. The second-order valence-electron chi connectivity index (χ2n) is 8.77. The average Bonchev–Trinajstić information content (AvgIpc) is 3.22. The molecule has 8 nitrogen and oxygen atoms in total. The van der Waals surface area contributed by atoms with E-state index < -0.39 is 17.9 Å². The molecule has 156 valence electrons. The van der Waals surface area contributed by atoms with Gasteiger partial charge in [0.05, 0.1) is 24.7 Å². The van der Waals surface area contributed by atoms with Gasteiger partial charge >= 0.3 is 0 Å². The lowest BCUT2D eigenvalue weighted by Crippen LogP contribution is -2.54. The third-order valence-electron chi connectivity index (χ3n) is 6.63. The van der Waals surface area contributed by atoms with Crippen LogP contribution in [0.2, 0.25) is 0 Å². The van der Waals surface area contributed by atoms with E-state index in [9.17, 15) is 9.18 Å². The number of para-hydroxylation sites is 1. The molecule has 0 spiro atoms. The molecular formula is C21H22FN5O3. The predicted octanol–water partition coefficient (Wildman–Crippen LogP) is 2.74. The highest BCUT2D eigenvalue weighted by atomic mass is 19.1. The molecule has 1 saturated heterocycles. The fourth-order valence-electron chi connectivity index (χ4n) is 4.55. The van der Waals surface area contributed by atoms with Gasteiger partial charge in [0.15, 0.2) is 11.9 Å². The van der Waals surface area contributed by atoms with Gasteiger partial charge in [-0.25, -0.2) is 4.39 Å². The van der Waals surface area contributed by atoms with Crippen molar-refractivity contribution in [2.45, 2.75) is 56.2 Å². The monoisotopic (exact) mass is 411 g/mol. The molecule has 0 bridgehead atoms. The zero-order chi connectivity index (χ0) is 20.5. The Bertz CT molecular complexity index is 1040. The Kier molecular flexibility index (Phi) is 3.80. The number of aliphatic imine (C=N–C) groups is 1. The fraction of sp³-hybridized carbons (Fsp3) is 0.524. The topological polar surface area (TPSA) is 84.1 Å². The Balaban J connectivity index is 1.38. The zero-order valence-corrected chi connectivity index (χ0v) is 16.6. The molecule has 4 aliphatic rings. The van der Waals surface area contributed by atoms with E-state index >= 15 is 0 Å². The molecule has 0 N–H and O–H groups in total. The van der Waals surface area contributed by atoms with Crippen molar-refractivity contribution in [3.05, 3.63) is 35.7 Å². The van der Waals surface area contributed by atoms with Gasteiger partial charge < -0.3 is 19.1 Å². The van der Waals surface area contributed by atoms with Crippen LogP contribution in [0.4, 0.5) is 15.8 Å². The van der Waals surface area contributed by atoms with Gasteiger partial charge in [-0.3, -0.25) is 9.79 Å². The maximum Gasteiger partial charge on any atom is 0.254 e. The van der Waals surface area contributed by atoms with Crippen LogP contribution in [0.1, 0.15) is 50.4 Å². The number of benzene rings is 1. The van der Waals surface area contributed by atoms with Crippen molar-refractivity contribution in [1.82, 2.24) is 10.1 Å². The number of ether oxygens (including phenoxy) is 1. The number of anilines is 2. The van der Waals surface area contributed by atoms with Crippen molar-refractivity contribution in [3.63, 3.8) is 0 Å². The number of halogens is 1. The molecule has 0 radical (unpaired) electrons. The standard InChI is InChI=1S/C21H22FN5O3/c1-21(7-8-21)20-24-18(30-25-20)15-17-19(28)26(10-12-4-3-9-29-12)16-13(22)5-2-6-14(16)27(17)11-23-15/h2,5-6,11-12,15,17H,3-4,7-10H2,1H3. The van der Waals surface area contributed by atoms with Crippen molar-refractivity contribution < 1.29 is 18.4 Å². The number of nitrogens with zero attached hydrogens (tertiary/aromatic N) is 5. The second-order valence-corrected chi connectivity index (χ2v) is 8.77. The van der Waals surface area contributed by atoms with E-state index in [1.807, 2.05) is 0 Å². The number of fused-ring (bicyclic) bond motifs is 3. The van der Waals surface area contributed by atoms with Gasteiger partial charge in [0, 0.05) is 12.0 Å². The summed E-state index contributed by atoms with van der Waals surface area (Å²) >= 11 is 0. The van der Waals surface area contributed by atoms with Crippen molar-refractivity contribution in [3.8, 4) is 0 Å². The van der Waals surface area contributed by atoms with Crippen molar-refractivity contribution in [1.29, 1.82) is 0 Å². The van der Waals surface area contributed by atoms with E-state index in [0.29, 0.717) is 30.6 Å². The molecule has 2 aromatic rings. The van der Waals surface area contributed by atoms with E-state index in [0.717, 1.165) is 25.7 Å². The summed E-state index contributed by atoms with van der Waals surface area (Å²) in [7, 11) is 0. The number of aromatic nitrogens is 2. The predicted molar refractivity (Wildman–Crippen MR) is 106 cm³/mol. The van der Waals surface area contributed by atoms with E-state index in [4.69, 9.17) is 9.26 Å².